The van der Waals surface area contributed by atoms with Gasteiger partial charge in [-0.1, -0.05) is 28.1 Å². The highest BCUT2D eigenvalue weighted by atomic mass is 79.9. The molecule has 106 valence electrons. The number of rotatable bonds is 4. The third-order valence-corrected chi connectivity index (χ3v) is 3.34. The van der Waals surface area contributed by atoms with E-state index in [4.69, 9.17) is 0 Å². The van der Waals surface area contributed by atoms with Crippen LogP contribution in [0.4, 0.5) is 13.2 Å². The van der Waals surface area contributed by atoms with Gasteiger partial charge in [-0.2, -0.15) is 0 Å². The zero-order chi connectivity index (χ0) is 14.7. The second-order valence-electron chi connectivity index (χ2n) is 4.55. The second kappa shape index (κ2) is 6.41. The first kappa shape index (κ1) is 15.1. The van der Waals surface area contributed by atoms with Crippen molar-refractivity contribution in [3.63, 3.8) is 0 Å². The van der Waals surface area contributed by atoms with Crippen LogP contribution in [0.15, 0.2) is 40.9 Å². The minimum atomic E-state index is -0.952. The van der Waals surface area contributed by atoms with Crippen LogP contribution in [0, 0.1) is 17.5 Å². The molecule has 0 radical (unpaired) electrons. The summed E-state index contributed by atoms with van der Waals surface area (Å²) >= 11 is 3.16. The molecule has 1 unspecified atom stereocenters. The van der Waals surface area contributed by atoms with Crippen molar-refractivity contribution in [1.82, 2.24) is 0 Å². The monoisotopic (exact) mass is 344 g/mol. The third kappa shape index (κ3) is 3.84. The van der Waals surface area contributed by atoms with Gasteiger partial charge in [0.05, 0.1) is 6.10 Å². The van der Waals surface area contributed by atoms with Crippen molar-refractivity contribution in [1.29, 1.82) is 0 Å². The predicted octanol–water partition coefficient (Wildman–Crippen LogP) is 4.01. The lowest BCUT2D eigenvalue weighted by Gasteiger charge is -2.12. The largest absolute Gasteiger partial charge is 0.392 e. The van der Waals surface area contributed by atoms with Gasteiger partial charge >= 0.3 is 0 Å². The van der Waals surface area contributed by atoms with Crippen molar-refractivity contribution < 1.29 is 18.3 Å². The maximum absolute atomic E-state index is 13.5. The summed E-state index contributed by atoms with van der Waals surface area (Å²) in [7, 11) is 0. The van der Waals surface area contributed by atoms with Crippen molar-refractivity contribution in [2.45, 2.75) is 18.9 Å². The van der Waals surface area contributed by atoms with Gasteiger partial charge in [-0.25, -0.2) is 13.2 Å². The fourth-order valence-electron chi connectivity index (χ4n) is 2.03. The van der Waals surface area contributed by atoms with Crippen molar-refractivity contribution >= 4 is 15.9 Å². The van der Waals surface area contributed by atoms with Crippen LogP contribution in [-0.4, -0.2) is 11.2 Å². The lowest BCUT2D eigenvalue weighted by Crippen LogP contribution is -2.15. The van der Waals surface area contributed by atoms with Crippen molar-refractivity contribution in [3.05, 3.63) is 69.4 Å². The van der Waals surface area contributed by atoms with Crippen LogP contribution < -0.4 is 0 Å². The molecule has 1 atom stereocenters. The molecule has 0 heterocycles. The first-order valence-corrected chi connectivity index (χ1v) is 6.81. The molecular formula is C15H12BrF3O. The summed E-state index contributed by atoms with van der Waals surface area (Å²) in [6, 6.07) is 8.11. The Morgan fingerprint density at radius 3 is 2.50 bits per heavy atom. The van der Waals surface area contributed by atoms with E-state index in [2.05, 4.69) is 15.9 Å². The first-order valence-electron chi connectivity index (χ1n) is 6.01. The van der Waals surface area contributed by atoms with Gasteiger partial charge in [-0.3, -0.25) is 0 Å². The number of halogens is 4. The van der Waals surface area contributed by atoms with Crippen molar-refractivity contribution in [2.24, 2.45) is 0 Å². The van der Waals surface area contributed by atoms with Crippen LogP contribution in [0.5, 0.6) is 0 Å². The summed E-state index contributed by atoms with van der Waals surface area (Å²) in [5.74, 6) is -2.31. The Balaban J connectivity index is 2.09. The van der Waals surface area contributed by atoms with Crippen molar-refractivity contribution in [3.8, 4) is 0 Å². The first-order chi connectivity index (χ1) is 9.45. The van der Waals surface area contributed by atoms with Gasteiger partial charge in [-0.15, -0.1) is 0 Å². The molecule has 1 nitrogen and oxygen atoms in total. The maximum Gasteiger partial charge on any atom is 0.162 e. The maximum atomic E-state index is 13.5. The summed E-state index contributed by atoms with van der Waals surface area (Å²) in [4.78, 5) is 0. The molecule has 0 amide bonds. The summed E-state index contributed by atoms with van der Waals surface area (Å²) in [5.41, 5.74) is 0.689. The number of benzene rings is 2. The van der Waals surface area contributed by atoms with Gasteiger partial charge in [0.15, 0.2) is 11.6 Å². The number of aliphatic hydroxyl groups is 1. The molecule has 5 heteroatoms. The summed E-state index contributed by atoms with van der Waals surface area (Å²) in [6.45, 7) is 0. The number of hydrogen-bond donors (Lipinski definition) is 1. The van der Waals surface area contributed by atoms with E-state index >= 15 is 0 Å². The molecule has 2 aromatic rings. The van der Waals surface area contributed by atoms with Crippen LogP contribution in [0.2, 0.25) is 0 Å². The van der Waals surface area contributed by atoms with Gasteiger partial charge in [0.1, 0.15) is 5.82 Å². The van der Waals surface area contributed by atoms with E-state index in [-0.39, 0.29) is 18.4 Å². The standard InChI is InChI=1S/C15H12BrF3O/c16-11-4-9(5-12(17)8-11)6-13(20)7-10-2-1-3-14(18)15(10)19/h1-5,8,13,20H,6-7H2. The molecule has 2 aromatic carbocycles. The quantitative estimate of drug-likeness (QED) is 0.888. The molecule has 0 aliphatic heterocycles. The Morgan fingerprint density at radius 2 is 1.80 bits per heavy atom. The molecule has 0 aliphatic rings. The van der Waals surface area contributed by atoms with E-state index in [1.807, 2.05) is 0 Å². The van der Waals surface area contributed by atoms with Crippen LogP contribution in [0.25, 0.3) is 0 Å². The van der Waals surface area contributed by atoms with Crippen LogP contribution in [0.3, 0.4) is 0 Å². The minimum Gasteiger partial charge on any atom is -0.392 e. The smallest absolute Gasteiger partial charge is 0.162 e. The molecule has 0 aliphatic carbocycles. The Bertz CT molecular complexity index is 596. The fourth-order valence-corrected chi connectivity index (χ4v) is 2.55. The van der Waals surface area contributed by atoms with Gasteiger partial charge in [0.2, 0.25) is 0 Å². The zero-order valence-electron chi connectivity index (χ0n) is 10.4. The molecule has 20 heavy (non-hydrogen) atoms. The zero-order valence-corrected chi connectivity index (χ0v) is 12.0. The molecule has 0 saturated heterocycles. The normalized spacial score (nSPS) is 12.4. The van der Waals surface area contributed by atoms with Gasteiger partial charge < -0.3 is 5.11 Å². The number of aliphatic hydroxyl groups excluding tert-OH is 1. The Hall–Kier alpha value is -1.33. The highest BCUT2D eigenvalue weighted by molar-refractivity contribution is 9.10. The molecule has 0 spiro atoms. The topological polar surface area (TPSA) is 20.2 Å². The molecular weight excluding hydrogens is 333 g/mol. The fraction of sp³-hybridized carbons (Fsp3) is 0.200. The average Bonchev–Trinajstić information content (AvgIpc) is 2.33. The molecule has 0 saturated carbocycles. The summed E-state index contributed by atoms with van der Waals surface area (Å²) in [5, 5.41) is 9.93. The predicted molar refractivity (Wildman–Crippen MR) is 73.9 cm³/mol. The van der Waals surface area contributed by atoms with Gasteiger partial charge in [-0.05, 0) is 41.8 Å². The van der Waals surface area contributed by atoms with Gasteiger partial charge in [0.25, 0.3) is 0 Å². The van der Waals surface area contributed by atoms with E-state index in [9.17, 15) is 18.3 Å². The highest BCUT2D eigenvalue weighted by Gasteiger charge is 2.13. The Labute approximate surface area is 123 Å². The lowest BCUT2D eigenvalue weighted by atomic mass is 10.0. The molecule has 0 aromatic heterocycles. The van der Waals surface area contributed by atoms with Crippen LogP contribution in [0.1, 0.15) is 11.1 Å². The van der Waals surface area contributed by atoms with Crippen LogP contribution in [-0.2, 0) is 12.8 Å². The highest BCUT2D eigenvalue weighted by Crippen LogP contribution is 2.18. The summed E-state index contributed by atoms with van der Waals surface area (Å²) in [6.07, 6.45) is -0.788. The second-order valence-corrected chi connectivity index (χ2v) is 5.47. The third-order valence-electron chi connectivity index (χ3n) is 2.88. The van der Waals surface area contributed by atoms with Crippen LogP contribution >= 0.6 is 15.9 Å². The van der Waals surface area contributed by atoms with E-state index in [1.54, 1.807) is 6.07 Å². The molecule has 0 fully saturated rings. The van der Waals surface area contributed by atoms with E-state index < -0.39 is 23.6 Å². The average molecular weight is 345 g/mol. The van der Waals surface area contributed by atoms with E-state index in [0.717, 1.165) is 6.07 Å². The minimum absolute atomic E-state index is 0.0300. The van der Waals surface area contributed by atoms with Crippen molar-refractivity contribution in [2.75, 3.05) is 0 Å². The molecule has 1 N–H and O–H groups in total. The SMILES string of the molecule is OC(Cc1cc(F)cc(Br)c1)Cc1cccc(F)c1F. The lowest BCUT2D eigenvalue weighted by molar-refractivity contribution is 0.173. The number of hydrogen-bond acceptors (Lipinski definition) is 1. The van der Waals surface area contributed by atoms with E-state index in [0.29, 0.717) is 10.0 Å². The summed E-state index contributed by atoms with van der Waals surface area (Å²) < 4.78 is 40.3. The van der Waals surface area contributed by atoms with E-state index in [1.165, 1.54) is 24.3 Å². The Kier molecular flexibility index (Phi) is 4.83. The molecule has 2 rings (SSSR count). The Morgan fingerprint density at radius 1 is 1.05 bits per heavy atom. The van der Waals surface area contributed by atoms with Gasteiger partial charge in [0, 0.05) is 10.9 Å². The molecule has 0 bridgehead atoms.